The second kappa shape index (κ2) is 10.0. The molecule has 2 aliphatic heterocycles. The summed E-state index contributed by atoms with van der Waals surface area (Å²) < 4.78 is 30.9. The van der Waals surface area contributed by atoms with Gasteiger partial charge in [-0.2, -0.15) is 13.5 Å². The number of benzene rings is 3. The van der Waals surface area contributed by atoms with Crippen LogP contribution in [0.25, 0.3) is 0 Å². The first-order chi connectivity index (χ1) is 19.5. The quantitative estimate of drug-likeness (QED) is 0.297. The van der Waals surface area contributed by atoms with Gasteiger partial charge in [-0.05, 0) is 59.8 Å². The number of thioether (sulfide) groups is 1. The van der Waals surface area contributed by atoms with Gasteiger partial charge in [0.25, 0.3) is 10.0 Å². The maximum Gasteiger partial charge on any atom is 0.284 e. The summed E-state index contributed by atoms with van der Waals surface area (Å²) in [5.41, 5.74) is 5.15. The fraction of sp³-hybridized carbons (Fsp3) is 0.167. The highest BCUT2D eigenvalue weighted by Crippen LogP contribution is 2.47. The van der Waals surface area contributed by atoms with E-state index in [2.05, 4.69) is 40.1 Å². The smallest absolute Gasteiger partial charge is 0.284 e. The van der Waals surface area contributed by atoms with Gasteiger partial charge in [0.2, 0.25) is 0 Å². The normalized spacial score (nSPS) is 21.4. The number of hydrogen-bond acceptors (Lipinski definition) is 7. The van der Waals surface area contributed by atoms with Crippen molar-refractivity contribution in [3.05, 3.63) is 112 Å². The lowest BCUT2D eigenvalue weighted by molar-refractivity contribution is -0.115. The Bertz CT molecular complexity index is 1750. The Balaban J connectivity index is 1.21. The number of para-hydroxylation sites is 1. The highest BCUT2D eigenvalue weighted by Gasteiger charge is 2.44. The Kier molecular flexibility index (Phi) is 6.33. The molecule has 1 fully saturated rings. The monoisotopic (exact) mass is 584 g/mol. The Morgan fingerprint density at radius 3 is 2.42 bits per heavy atom. The topological polar surface area (TPSA) is 82.4 Å². The number of fused-ring (bicyclic) bond motifs is 3. The zero-order valence-electron chi connectivity index (χ0n) is 21.3. The molecule has 2 atom stereocenters. The van der Waals surface area contributed by atoms with Gasteiger partial charge in [0.05, 0.1) is 34.6 Å². The predicted molar refractivity (Wildman–Crippen MR) is 162 cm³/mol. The van der Waals surface area contributed by atoms with Crippen molar-refractivity contribution in [3.8, 4) is 0 Å². The average molecular weight is 585 g/mol. The first-order valence-corrected chi connectivity index (χ1v) is 16.2. The van der Waals surface area contributed by atoms with Crippen molar-refractivity contribution in [2.45, 2.75) is 17.4 Å². The summed E-state index contributed by atoms with van der Waals surface area (Å²) >= 11 is 2.86. The fourth-order valence-electron chi connectivity index (χ4n) is 5.54. The van der Waals surface area contributed by atoms with E-state index in [1.165, 1.54) is 16.0 Å². The first-order valence-electron chi connectivity index (χ1n) is 12.9. The molecular weight excluding hydrogens is 561 g/mol. The summed E-state index contributed by atoms with van der Waals surface area (Å²) in [6.45, 7) is 0.0913. The highest BCUT2D eigenvalue weighted by molar-refractivity contribution is 8.15. The van der Waals surface area contributed by atoms with Crippen molar-refractivity contribution in [3.63, 3.8) is 0 Å². The van der Waals surface area contributed by atoms with Gasteiger partial charge in [-0.3, -0.25) is 9.80 Å². The number of anilines is 2. The van der Waals surface area contributed by atoms with E-state index in [1.807, 2.05) is 41.4 Å². The van der Waals surface area contributed by atoms with E-state index in [0.29, 0.717) is 5.17 Å². The van der Waals surface area contributed by atoms with Crippen molar-refractivity contribution in [2.75, 3.05) is 22.2 Å². The number of nitrogens with zero attached hydrogens (tertiary/aromatic N) is 4. The highest BCUT2D eigenvalue weighted by atomic mass is 32.2. The van der Waals surface area contributed by atoms with E-state index >= 15 is 0 Å². The molecule has 1 aromatic heterocycles. The summed E-state index contributed by atoms with van der Waals surface area (Å²) in [4.78, 5) is 15.1. The van der Waals surface area contributed by atoms with Gasteiger partial charge in [-0.1, -0.05) is 60.3 Å². The minimum atomic E-state index is -4.01. The molecule has 3 aromatic carbocycles. The van der Waals surface area contributed by atoms with Crippen LogP contribution < -0.4 is 9.91 Å². The number of Topliss-reactive ketones (excluding diaryl/α,β-unsaturated/α-hetero) is 1. The lowest BCUT2D eigenvalue weighted by atomic mass is 9.94. The van der Waals surface area contributed by atoms with Crippen LogP contribution in [-0.4, -0.2) is 37.4 Å². The number of carbonyl (C=O) groups is 1. The van der Waals surface area contributed by atoms with Crippen LogP contribution in [0.3, 0.4) is 0 Å². The van der Waals surface area contributed by atoms with Crippen molar-refractivity contribution in [1.82, 2.24) is 0 Å². The van der Waals surface area contributed by atoms with Gasteiger partial charge in [-0.25, -0.2) is 0 Å². The lowest BCUT2D eigenvalue weighted by Crippen LogP contribution is -2.40. The maximum atomic E-state index is 13.4. The molecule has 0 saturated carbocycles. The minimum absolute atomic E-state index is 0.0227. The summed E-state index contributed by atoms with van der Waals surface area (Å²) in [6, 6.07) is 28.7. The van der Waals surface area contributed by atoms with Gasteiger partial charge in [0.15, 0.2) is 11.0 Å². The zero-order valence-corrected chi connectivity index (χ0v) is 23.7. The SMILES string of the molecule is O=C1CS/C(=N/S(=O)(=O)c2ccc(N3N=C4c5ccccc5CC4C3c3cccs3)cc2)N(c2ccccc2)C1. The van der Waals surface area contributed by atoms with Crippen LogP contribution in [0.5, 0.6) is 0 Å². The average Bonchev–Trinajstić information content (AvgIpc) is 3.71. The van der Waals surface area contributed by atoms with Gasteiger partial charge >= 0.3 is 0 Å². The Hall–Kier alpha value is -3.73. The molecular formula is C30H24N4O3S3. The number of rotatable bonds is 5. The van der Waals surface area contributed by atoms with E-state index in [9.17, 15) is 13.2 Å². The molecule has 3 heterocycles. The Morgan fingerprint density at radius 2 is 1.65 bits per heavy atom. The standard InChI is InChI=1S/C30H24N4O3S3/c35-23-18-33(21-8-2-1-3-9-21)30(39-19-23)32-40(36,37)24-14-12-22(13-15-24)34-29(27-11-6-16-38-27)26-17-20-7-4-5-10-25(20)28(26)31-34/h1-16,26,29H,17-19H2/b32-30+. The summed E-state index contributed by atoms with van der Waals surface area (Å²) in [7, 11) is -4.01. The van der Waals surface area contributed by atoms with Gasteiger partial charge in [0, 0.05) is 22.0 Å². The van der Waals surface area contributed by atoms with Crippen LogP contribution in [0.4, 0.5) is 11.4 Å². The molecule has 200 valence electrons. The van der Waals surface area contributed by atoms with Crippen LogP contribution in [0.2, 0.25) is 0 Å². The maximum absolute atomic E-state index is 13.4. The van der Waals surface area contributed by atoms with Gasteiger partial charge in [-0.15, -0.1) is 15.7 Å². The molecule has 7 nitrogen and oxygen atoms in total. The molecule has 1 aliphatic carbocycles. The third kappa shape index (κ3) is 4.46. The molecule has 0 N–H and O–H groups in total. The number of thiophene rings is 1. The number of hydrazone groups is 1. The number of carbonyl (C=O) groups excluding carboxylic acids is 1. The molecule has 0 radical (unpaired) electrons. The van der Waals surface area contributed by atoms with Crippen LogP contribution >= 0.6 is 23.1 Å². The summed E-state index contributed by atoms with van der Waals surface area (Å²) in [5.74, 6) is 0.454. The number of hydrogen-bond donors (Lipinski definition) is 0. The Labute approximate surface area is 240 Å². The number of amidine groups is 1. The van der Waals surface area contributed by atoms with Crippen molar-refractivity contribution in [1.29, 1.82) is 0 Å². The fourth-order valence-corrected chi connectivity index (χ4v) is 8.52. The lowest BCUT2D eigenvalue weighted by Gasteiger charge is -2.28. The van der Waals surface area contributed by atoms with Crippen molar-refractivity contribution < 1.29 is 13.2 Å². The van der Waals surface area contributed by atoms with E-state index in [0.717, 1.165) is 35.3 Å². The van der Waals surface area contributed by atoms with E-state index in [4.69, 9.17) is 5.10 Å². The van der Waals surface area contributed by atoms with Gasteiger partial charge in [0.1, 0.15) is 0 Å². The summed E-state index contributed by atoms with van der Waals surface area (Å²) in [5, 5.41) is 9.48. The zero-order chi connectivity index (χ0) is 27.3. The molecule has 3 aliphatic rings. The van der Waals surface area contributed by atoms with Crippen molar-refractivity contribution in [2.24, 2.45) is 15.4 Å². The number of ketones is 1. The molecule has 10 heteroatoms. The molecule has 1 saturated heterocycles. The van der Waals surface area contributed by atoms with Crippen LogP contribution in [0.1, 0.15) is 22.0 Å². The van der Waals surface area contributed by atoms with E-state index in [1.54, 1.807) is 40.5 Å². The second-order valence-corrected chi connectivity index (χ2v) is 13.4. The van der Waals surface area contributed by atoms with Gasteiger partial charge < -0.3 is 4.90 Å². The van der Waals surface area contributed by atoms with Crippen LogP contribution in [0, 0.1) is 5.92 Å². The molecule has 0 spiro atoms. The molecule has 4 aromatic rings. The molecule has 7 rings (SSSR count). The molecule has 2 unspecified atom stereocenters. The molecule has 0 bridgehead atoms. The van der Waals surface area contributed by atoms with E-state index in [-0.39, 0.29) is 34.9 Å². The predicted octanol–water partition coefficient (Wildman–Crippen LogP) is 5.75. The Morgan fingerprint density at radius 1 is 0.875 bits per heavy atom. The second-order valence-electron chi connectivity index (χ2n) is 9.85. The summed E-state index contributed by atoms with van der Waals surface area (Å²) in [6.07, 6.45) is 0.927. The molecule has 0 amide bonds. The van der Waals surface area contributed by atoms with Crippen molar-refractivity contribution >= 4 is 61.2 Å². The first kappa shape index (κ1) is 25.3. The molecule has 40 heavy (non-hydrogen) atoms. The third-order valence-corrected chi connectivity index (χ3v) is 10.7. The van der Waals surface area contributed by atoms with E-state index < -0.39 is 10.0 Å². The number of sulfonamides is 1. The largest absolute Gasteiger partial charge is 0.313 e. The minimum Gasteiger partial charge on any atom is -0.313 e. The van der Waals surface area contributed by atoms with Crippen LogP contribution in [-0.2, 0) is 21.2 Å². The van der Waals surface area contributed by atoms with Crippen LogP contribution in [0.15, 0.2) is 111 Å². The third-order valence-electron chi connectivity index (χ3n) is 7.37.